The maximum absolute atomic E-state index is 5.30. The predicted octanol–water partition coefficient (Wildman–Crippen LogP) is 4.55. The monoisotopic (exact) mass is 322 g/mol. The van der Waals surface area contributed by atoms with E-state index in [1.165, 1.54) is 20.8 Å². The number of hydrogen-bond acceptors (Lipinski definition) is 2. The lowest BCUT2D eigenvalue weighted by Gasteiger charge is -2.08. The van der Waals surface area contributed by atoms with Crippen LogP contribution < -0.4 is 0 Å². The van der Waals surface area contributed by atoms with Gasteiger partial charge in [-0.2, -0.15) is 0 Å². The van der Waals surface area contributed by atoms with E-state index in [9.17, 15) is 0 Å². The Morgan fingerprint density at radius 3 is 2.63 bits per heavy atom. The van der Waals surface area contributed by atoms with Crippen molar-refractivity contribution in [3.63, 3.8) is 0 Å². The van der Waals surface area contributed by atoms with Crippen LogP contribution >= 0.6 is 15.9 Å². The van der Waals surface area contributed by atoms with E-state index in [1.54, 1.807) is 7.11 Å². The molecule has 2 aromatic rings. The molecule has 0 unspecified atom stereocenters. The van der Waals surface area contributed by atoms with E-state index >= 15 is 0 Å². The summed E-state index contributed by atoms with van der Waals surface area (Å²) in [5.74, 6) is 0. The number of fused-ring (bicyclic) bond motifs is 1. The molecule has 102 valence electrons. The number of unbranched alkanes of at least 4 members (excludes halogenated alkanes) is 1. The van der Waals surface area contributed by atoms with Gasteiger partial charge in [0.2, 0.25) is 0 Å². The Morgan fingerprint density at radius 2 is 1.84 bits per heavy atom. The summed E-state index contributed by atoms with van der Waals surface area (Å²) in [7, 11) is 1.65. The van der Waals surface area contributed by atoms with Crippen LogP contribution in [0.5, 0.6) is 0 Å². The Labute approximate surface area is 122 Å². The molecule has 0 amide bonds. The van der Waals surface area contributed by atoms with Crippen molar-refractivity contribution in [3.05, 3.63) is 46.4 Å². The zero-order valence-electron chi connectivity index (χ0n) is 11.2. The normalized spacial score (nSPS) is 11.1. The smallest absolute Gasteiger partial charge is 0.146 e. The van der Waals surface area contributed by atoms with Crippen molar-refractivity contribution in [3.8, 4) is 0 Å². The van der Waals surface area contributed by atoms with Crippen molar-refractivity contribution in [2.24, 2.45) is 0 Å². The molecule has 0 radical (unpaired) electrons. The largest absolute Gasteiger partial charge is 0.359 e. The summed E-state index contributed by atoms with van der Waals surface area (Å²) in [5, 5.41) is 2.63. The number of hydrogen-bond donors (Lipinski definition) is 0. The second-order valence-corrected chi connectivity index (χ2v) is 5.38. The zero-order chi connectivity index (χ0) is 13.5. The van der Waals surface area contributed by atoms with Gasteiger partial charge in [-0.25, -0.2) is 0 Å². The minimum absolute atomic E-state index is 0.389. The molecule has 19 heavy (non-hydrogen) atoms. The highest BCUT2D eigenvalue weighted by molar-refractivity contribution is 9.10. The molecular formula is C16H19BrO2. The first kappa shape index (κ1) is 14.5. The zero-order valence-corrected chi connectivity index (χ0v) is 12.8. The van der Waals surface area contributed by atoms with E-state index in [1.807, 2.05) is 0 Å². The van der Waals surface area contributed by atoms with Crippen molar-refractivity contribution >= 4 is 26.7 Å². The van der Waals surface area contributed by atoms with Gasteiger partial charge in [0, 0.05) is 18.2 Å². The first-order valence-corrected chi connectivity index (χ1v) is 7.35. The molecule has 3 heteroatoms. The van der Waals surface area contributed by atoms with Crippen LogP contribution in [0.4, 0.5) is 0 Å². The molecule has 0 heterocycles. The SMILES string of the molecule is COCOCCCCc1cccc2cccc(Br)c12. The van der Waals surface area contributed by atoms with Gasteiger partial charge in [-0.05, 0) is 41.7 Å². The maximum Gasteiger partial charge on any atom is 0.146 e. The lowest BCUT2D eigenvalue weighted by molar-refractivity contribution is -0.0314. The highest BCUT2D eigenvalue weighted by atomic mass is 79.9. The lowest BCUT2D eigenvalue weighted by Crippen LogP contribution is -1.99. The van der Waals surface area contributed by atoms with Crippen molar-refractivity contribution in [2.45, 2.75) is 19.3 Å². The fraction of sp³-hybridized carbons (Fsp3) is 0.375. The fourth-order valence-electron chi connectivity index (χ4n) is 2.24. The Balaban J connectivity index is 1.97. The number of rotatable bonds is 7. The average Bonchev–Trinajstić information content (AvgIpc) is 2.43. The van der Waals surface area contributed by atoms with Crippen LogP contribution in [0.3, 0.4) is 0 Å². The number of halogens is 1. The number of benzene rings is 2. The number of methoxy groups -OCH3 is 1. The quantitative estimate of drug-likeness (QED) is 0.550. The molecule has 0 atom stereocenters. The van der Waals surface area contributed by atoms with Crippen LogP contribution in [-0.2, 0) is 15.9 Å². The Kier molecular flexibility index (Phi) is 5.83. The van der Waals surface area contributed by atoms with Gasteiger partial charge >= 0.3 is 0 Å². The third-order valence-electron chi connectivity index (χ3n) is 3.13. The average molecular weight is 323 g/mol. The fourth-order valence-corrected chi connectivity index (χ4v) is 2.88. The summed E-state index contributed by atoms with van der Waals surface area (Å²) < 4.78 is 11.3. The van der Waals surface area contributed by atoms with Gasteiger partial charge in [0.15, 0.2) is 0 Å². The van der Waals surface area contributed by atoms with E-state index in [2.05, 4.69) is 52.3 Å². The molecule has 2 nitrogen and oxygen atoms in total. The molecule has 0 saturated carbocycles. The molecule has 0 aromatic heterocycles. The first-order valence-electron chi connectivity index (χ1n) is 6.55. The van der Waals surface area contributed by atoms with Crippen LogP contribution in [0, 0.1) is 0 Å². The highest BCUT2D eigenvalue weighted by Gasteiger charge is 2.04. The summed E-state index contributed by atoms with van der Waals surface area (Å²) >= 11 is 3.65. The van der Waals surface area contributed by atoms with E-state index in [4.69, 9.17) is 9.47 Å². The molecule has 0 aliphatic rings. The van der Waals surface area contributed by atoms with Crippen LogP contribution in [0.15, 0.2) is 40.9 Å². The highest BCUT2D eigenvalue weighted by Crippen LogP contribution is 2.28. The molecule has 0 bridgehead atoms. The molecular weight excluding hydrogens is 304 g/mol. The number of aryl methyl sites for hydroxylation is 1. The third-order valence-corrected chi connectivity index (χ3v) is 3.79. The van der Waals surface area contributed by atoms with E-state index in [0.717, 1.165) is 25.9 Å². The van der Waals surface area contributed by atoms with Crippen LogP contribution in [0.2, 0.25) is 0 Å². The van der Waals surface area contributed by atoms with Crippen LogP contribution in [0.25, 0.3) is 10.8 Å². The van der Waals surface area contributed by atoms with Gasteiger partial charge < -0.3 is 9.47 Å². The van der Waals surface area contributed by atoms with Gasteiger partial charge in [0.1, 0.15) is 6.79 Å². The standard InChI is InChI=1S/C16H19BrO2/c1-18-12-19-11-3-2-6-13-7-4-8-14-9-5-10-15(17)16(13)14/h4-5,7-10H,2-3,6,11-12H2,1H3. The third kappa shape index (κ3) is 4.03. The van der Waals surface area contributed by atoms with Gasteiger partial charge in [-0.1, -0.05) is 46.3 Å². The summed E-state index contributed by atoms with van der Waals surface area (Å²) in [4.78, 5) is 0. The van der Waals surface area contributed by atoms with E-state index < -0.39 is 0 Å². The maximum atomic E-state index is 5.30. The van der Waals surface area contributed by atoms with Crippen molar-refractivity contribution in [1.82, 2.24) is 0 Å². The molecule has 2 rings (SSSR count). The Morgan fingerprint density at radius 1 is 1.05 bits per heavy atom. The lowest BCUT2D eigenvalue weighted by atomic mass is 10.0. The molecule has 0 aliphatic heterocycles. The van der Waals surface area contributed by atoms with Gasteiger partial charge in [0.05, 0.1) is 0 Å². The summed E-state index contributed by atoms with van der Waals surface area (Å²) in [6.07, 6.45) is 3.27. The molecule has 0 aliphatic carbocycles. The van der Waals surface area contributed by atoms with Crippen LogP contribution in [0.1, 0.15) is 18.4 Å². The Bertz CT molecular complexity index is 520. The molecule has 0 saturated heterocycles. The van der Waals surface area contributed by atoms with E-state index in [-0.39, 0.29) is 0 Å². The Hall–Kier alpha value is -0.900. The predicted molar refractivity (Wildman–Crippen MR) is 82.4 cm³/mol. The summed E-state index contributed by atoms with van der Waals surface area (Å²) in [6, 6.07) is 12.8. The van der Waals surface area contributed by atoms with Gasteiger partial charge in [-0.3, -0.25) is 0 Å². The first-order chi connectivity index (χ1) is 9.33. The second kappa shape index (κ2) is 7.63. The summed E-state index contributed by atoms with van der Waals surface area (Å²) in [5.41, 5.74) is 1.40. The molecule has 0 spiro atoms. The minimum Gasteiger partial charge on any atom is -0.359 e. The molecule has 2 aromatic carbocycles. The van der Waals surface area contributed by atoms with Crippen molar-refractivity contribution < 1.29 is 9.47 Å². The second-order valence-electron chi connectivity index (χ2n) is 4.53. The topological polar surface area (TPSA) is 18.5 Å². The molecule has 0 N–H and O–H groups in total. The van der Waals surface area contributed by atoms with Crippen molar-refractivity contribution in [1.29, 1.82) is 0 Å². The number of ether oxygens (including phenoxy) is 2. The van der Waals surface area contributed by atoms with Gasteiger partial charge in [0.25, 0.3) is 0 Å². The van der Waals surface area contributed by atoms with E-state index in [0.29, 0.717) is 6.79 Å². The minimum atomic E-state index is 0.389. The van der Waals surface area contributed by atoms with Gasteiger partial charge in [-0.15, -0.1) is 0 Å². The molecule has 0 fully saturated rings. The van der Waals surface area contributed by atoms with Crippen LogP contribution in [-0.4, -0.2) is 20.5 Å². The summed E-state index contributed by atoms with van der Waals surface area (Å²) in [6.45, 7) is 1.15. The van der Waals surface area contributed by atoms with Crippen molar-refractivity contribution in [2.75, 3.05) is 20.5 Å².